The summed E-state index contributed by atoms with van der Waals surface area (Å²) in [4.78, 5) is 13.2. The Morgan fingerprint density at radius 1 is 1.47 bits per heavy atom. The van der Waals surface area contributed by atoms with Crippen molar-refractivity contribution in [3.63, 3.8) is 0 Å². The van der Waals surface area contributed by atoms with Gasteiger partial charge in [0.2, 0.25) is 0 Å². The number of fused-ring (bicyclic) bond motifs is 1. The summed E-state index contributed by atoms with van der Waals surface area (Å²) < 4.78 is 0. The molecular weight excluding hydrogens is 190 g/mol. The Labute approximate surface area is 91.5 Å². The number of Topliss-reactive ketones (excluding diaryl/α,β-unsaturated/α-hetero) is 1. The molecule has 0 aromatic rings. The molecule has 1 aliphatic heterocycles. The lowest BCUT2D eigenvalue weighted by atomic mass is 9.71. The first kappa shape index (κ1) is 11.1. The van der Waals surface area contributed by atoms with Crippen molar-refractivity contribution < 1.29 is 9.90 Å². The van der Waals surface area contributed by atoms with Crippen molar-refractivity contribution >= 4 is 5.78 Å². The van der Waals surface area contributed by atoms with Gasteiger partial charge in [-0.05, 0) is 26.2 Å². The zero-order valence-corrected chi connectivity index (χ0v) is 9.54. The molecule has 0 aromatic heterocycles. The van der Waals surface area contributed by atoms with Gasteiger partial charge in [0, 0.05) is 19.0 Å². The van der Waals surface area contributed by atoms with E-state index < -0.39 is 5.60 Å². The van der Waals surface area contributed by atoms with Gasteiger partial charge in [-0.15, -0.1) is 0 Å². The van der Waals surface area contributed by atoms with Crippen molar-refractivity contribution in [2.45, 2.75) is 44.6 Å². The van der Waals surface area contributed by atoms with Gasteiger partial charge in [0.05, 0.1) is 12.1 Å². The van der Waals surface area contributed by atoms with Crippen LogP contribution in [0.25, 0.3) is 0 Å². The molecule has 3 heteroatoms. The highest BCUT2D eigenvalue weighted by atomic mass is 16.3. The zero-order valence-electron chi connectivity index (χ0n) is 9.54. The summed E-state index contributed by atoms with van der Waals surface area (Å²) >= 11 is 0. The van der Waals surface area contributed by atoms with E-state index in [-0.39, 0.29) is 5.78 Å². The van der Waals surface area contributed by atoms with Crippen LogP contribution in [-0.2, 0) is 4.79 Å². The summed E-state index contributed by atoms with van der Waals surface area (Å²) in [5.41, 5.74) is -0.411. The fourth-order valence-electron chi connectivity index (χ4n) is 3.10. The minimum atomic E-state index is -0.411. The Morgan fingerprint density at radius 2 is 2.27 bits per heavy atom. The van der Waals surface area contributed by atoms with Gasteiger partial charge in [-0.1, -0.05) is 12.8 Å². The number of nitrogens with zero attached hydrogens (tertiary/aromatic N) is 1. The fraction of sp³-hybridized carbons (Fsp3) is 0.917. The highest BCUT2D eigenvalue weighted by molar-refractivity contribution is 5.77. The molecule has 0 spiro atoms. The molecule has 1 saturated carbocycles. The van der Waals surface area contributed by atoms with E-state index in [1.54, 1.807) is 6.92 Å². The van der Waals surface area contributed by atoms with Crippen LogP contribution in [0.3, 0.4) is 0 Å². The van der Waals surface area contributed by atoms with Gasteiger partial charge in [-0.2, -0.15) is 0 Å². The summed E-state index contributed by atoms with van der Waals surface area (Å²) in [5.74, 6) is 0.635. The summed E-state index contributed by atoms with van der Waals surface area (Å²) in [7, 11) is 0. The first-order chi connectivity index (χ1) is 7.10. The second kappa shape index (κ2) is 4.22. The predicted octanol–water partition coefficient (Wildman–Crippen LogP) is 1.20. The highest BCUT2D eigenvalue weighted by Crippen LogP contribution is 2.39. The average molecular weight is 211 g/mol. The van der Waals surface area contributed by atoms with Crippen molar-refractivity contribution in [3.05, 3.63) is 0 Å². The van der Waals surface area contributed by atoms with Gasteiger partial charge in [-0.25, -0.2) is 0 Å². The van der Waals surface area contributed by atoms with Crippen LogP contribution in [0.5, 0.6) is 0 Å². The lowest BCUT2D eigenvalue weighted by molar-refractivity contribution is -0.123. The van der Waals surface area contributed by atoms with Crippen molar-refractivity contribution in [2.75, 3.05) is 19.6 Å². The molecular formula is C12H21NO2. The molecule has 1 aliphatic carbocycles. The SMILES string of the molecule is CC(=O)CN1CCC2(O)CCCCC2C1. The summed E-state index contributed by atoms with van der Waals surface area (Å²) in [6.07, 6.45) is 5.35. The number of hydrogen-bond acceptors (Lipinski definition) is 3. The third-order valence-electron chi connectivity index (χ3n) is 3.96. The number of aliphatic hydroxyl groups is 1. The molecule has 2 fully saturated rings. The van der Waals surface area contributed by atoms with E-state index in [1.165, 1.54) is 12.8 Å². The van der Waals surface area contributed by atoms with Crippen LogP contribution < -0.4 is 0 Å². The molecule has 2 aliphatic rings. The molecule has 0 amide bonds. The van der Waals surface area contributed by atoms with Crippen LogP contribution in [0.2, 0.25) is 0 Å². The van der Waals surface area contributed by atoms with E-state index in [2.05, 4.69) is 4.90 Å². The normalized spacial score (nSPS) is 37.3. The minimum Gasteiger partial charge on any atom is -0.390 e. The van der Waals surface area contributed by atoms with Crippen LogP contribution in [0, 0.1) is 5.92 Å². The van der Waals surface area contributed by atoms with Crippen molar-refractivity contribution in [3.8, 4) is 0 Å². The molecule has 3 nitrogen and oxygen atoms in total. The maximum Gasteiger partial charge on any atom is 0.143 e. The molecule has 2 atom stereocenters. The highest BCUT2D eigenvalue weighted by Gasteiger charge is 2.42. The number of carbonyl (C=O) groups is 1. The number of rotatable bonds is 2. The molecule has 2 rings (SSSR count). The van der Waals surface area contributed by atoms with Gasteiger partial charge < -0.3 is 5.11 Å². The van der Waals surface area contributed by atoms with Crippen LogP contribution in [0.15, 0.2) is 0 Å². The largest absolute Gasteiger partial charge is 0.390 e. The number of carbonyl (C=O) groups excluding carboxylic acids is 1. The summed E-state index contributed by atoms with van der Waals surface area (Å²) in [6, 6.07) is 0. The van der Waals surface area contributed by atoms with Crippen LogP contribution in [0.1, 0.15) is 39.0 Å². The Balaban J connectivity index is 1.95. The molecule has 2 unspecified atom stereocenters. The van der Waals surface area contributed by atoms with Gasteiger partial charge in [0.25, 0.3) is 0 Å². The summed E-state index contributed by atoms with van der Waals surface area (Å²) in [6.45, 7) is 4.00. The van der Waals surface area contributed by atoms with E-state index in [9.17, 15) is 9.90 Å². The lowest BCUT2D eigenvalue weighted by Gasteiger charge is -2.47. The Bertz CT molecular complexity index is 254. The first-order valence-electron chi connectivity index (χ1n) is 6.04. The van der Waals surface area contributed by atoms with Gasteiger partial charge in [-0.3, -0.25) is 9.69 Å². The standard InChI is InChI=1S/C12H21NO2/c1-10(14)8-13-7-6-12(15)5-3-2-4-11(12)9-13/h11,15H,2-9H2,1H3. The maximum atomic E-state index is 11.0. The van der Waals surface area contributed by atoms with Gasteiger partial charge in [0.1, 0.15) is 5.78 Å². The van der Waals surface area contributed by atoms with E-state index in [0.29, 0.717) is 12.5 Å². The lowest BCUT2D eigenvalue weighted by Crippen LogP contribution is -2.53. The van der Waals surface area contributed by atoms with Crippen molar-refractivity contribution in [1.29, 1.82) is 0 Å². The second-order valence-electron chi connectivity index (χ2n) is 5.23. The zero-order chi connectivity index (χ0) is 10.9. The average Bonchev–Trinajstić information content (AvgIpc) is 2.17. The molecule has 0 bridgehead atoms. The van der Waals surface area contributed by atoms with E-state index >= 15 is 0 Å². The monoisotopic (exact) mass is 211 g/mol. The van der Waals surface area contributed by atoms with E-state index in [0.717, 1.165) is 32.4 Å². The smallest absolute Gasteiger partial charge is 0.143 e. The number of piperidine rings is 1. The Morgan fingerprint density at radius 3 is 3.00 bits per heavy atom. The molecule has 1 heterocycles. The third-order valence-corrected chi connectivity index (χ3v) is 3.96. The molecule has 86 valence electrons. The Hall–Kier alpha value is -0.410. The summed E-state index contributed by atoms with van der Waals surface area (Å²) in [5, 5.41) is 10.4. The van der Waals surface area contributed by atoms with Crippen molar-refractivity contribution in [2.24, 2.45) is 5.92 Å². The van der Waals surface area contributed by atoms with Gasteiger partial charge in [0.15, 0.2) is 0 Å². The van der Waals surface area contributed by atoms with Crippen molar-refractivity contribution in [1.82, 2.24) is 4.90 Å². The minimum absolute atomic E-state index is 0.233. The van der Waals surface area contributed by atoms with Crippen LogP contribution >= 0.6 is 0 Å². The molecule has 15 heavy (non-hydrogen) atoms. The fourth-order valence-corrected chi connectivity index (χ4v) is 3.10. The van der Waals surface area contributed by atoms with E-state index in [4.69, 9.17) is 0 Å². The quantitative estimate of drug-likeness (QED) is 0.746. The molecule has 1 saturated heterocycles. The number of ketones is 1. The number of likely N-dealkylation sites (tertiary alicyclic amines) is 1. The molecule has 0 radical (unpaired) electrons. The van der Waals surface area contributed by atoms with E-state index in [1.807, 2.05) is 0 Å². The molecule has 1 N–H and O–H groups in total. The third kappa shape index (κ3) is 2.40. The second-order valence-corrected chi connectivity index (χ2v) is 5.23. The Kier molecular flexibility index (Phi) is 3.12. The molecule has 0 aromatic carbocycles. The van der Waals surface area contributed by atoms with Crippen LogP contribution in [0.4, 0.5) is 0 Å². The number of hydrogen-bond donors (Lipinski definition) is 1. The maximum absolute atomic E-state index is 11.0. The predicted molar refractivity (Wildman–Crippen MR) is 58.6 cm³/mol. The first-order valence-corrected chi connectivity index (χ1v) is 6.04. The topological polar surface area (TPSA) is 40.5 Å². The van der Waals surface area contributed by atoms with Gasteiger partial charge >= 0.3 is 0 Å². The van der Waals surface area contributed by atoms with Crippen LogP contribution in [-0.4, -0.2) is 41.0 Å².